The maximum atomic E-state index is 3.37. The zero-order chi connectivity index (χ0) is 6.69. The number of halogens is 1. The topological polar surface area (TPSA) is 0 Å². The van der Waals surface area contributed by atoms with E-state index in [1.165, 1.54) is 16.7 Å². The van der Waals surface area contributed by atoms with Gasteiger partial charge in [0.05, 0.1) is 0 Å². The van der Waals surface area contributed by atoms with Crippen molar-refractivity contribution in [2.45, 2.75) is 4.90 Å². The lowest BCUT2D eigenvalue weighted by Crippen LogP contribution is -1.75. The van der Waals surface area contributed by atoms with E-state index in [-0.39, 0.29) is 0 Å². The van der Waals surface area contributed by atoms with Gasteiger partial charge in [-0.2, -0.15) is 0 Å². The van der Waals surface area contributed by atoms with Crippen LogP contribution in [0.4, 0.5) is 0 Å². The molecule has 0 radical (unpaired) electrons. The molecule has 0 fully saturated rings. The van der Waals surface area contributed by atoms with Gasteiger partial charge in [0, 0.05) is 16.2 Å². The number of hydrogen-bond acceptors (Lipinski definition) is 0. The molecule has 0 amide bonds. The van der Waals surface area contributed by atoms with Gasteiger partial charge in [0.1, 0.15) is 6.26 Å². The van der Waals surface area contributed by atoms with Gasteiger partial charge in [-0.15, -0.1) is 0 Å². The summed E-state index contributed by atoms with van der Waals surface area (Å²) in [6.07, 6.45) is 2.13. The van der Waals surface area contributed by atoms with E-state index in [0.717, 1.165) is 4.47 Å². The zero-order valence-corrected chi connectivity index (χ0v) is 7.62. The molecule has 1 aromatic rings. The molecule has 2 heteroatoms. The third-order valence-corrected chi connectivity index (χ3v) is 2.43. The van der Waals surface area contributed by atoms with Crippen LogP contribution in [0.1, 0.15) is 0 Å². The van der Waals surface area contributed by atoms with Gasteiger partial charge >= 0.3 is 0 Å². The first-order valence-electron chi connectivity index (χ1n) is 2.68. The molecule has 48 valence electrons. The molecular formula is C7H8BrS+. The van der Waals surface area contributed by atoms with Crippen LogP contribution in [0.25, 0.3) is 0 Å². The van der Waals surface area contributed by atoms with Crippen LogP contribution < -0.4 is 0 Å². The van der Waals surface area contributed by atoms with Crippen molar-refractivity contribution < 1.29 is 0 Å². The highest BCUT2D eigenvalue weighted by molar-refractivity contribution is 9.10. The zero-order valence-electron chi connectivity index (χ0n) is 5.13. The van der Waals surface area contributed by atoms with Crippen LogP contribution in [0.3, 0.4) is 0 Å². The molecule has 0 nitrogen and oxygen atoms in total. The van der Waals surface area contributed by atoms with E-state index in [0.29, 0.717) is 0 Å². The average Bonchev–Trinajstić information content (AvgIpc) is 1.90. The van der Waals surface area contributed by atoms with E-state index in [4.69, 9.17) is 0 Å². The molecule has 0 bridgehead atoms. The SMILES string of the molecule is C[SH+]c1ccc(Br)cc1. The minimum atomic E-state index is 1.15. The molecule has 0 aromatic heterocycles. The summed E-state index contributed by atoms with van der Waals surface area (Å²) < 4.78 is 1.15. The van der Waals surface area contributed by atoms with Crippen molar-refractivity contribution in [3.05, 3.63) is 28.7 Å². The molecule has 0 aliphatic heterocycles. The van der Waals surface area contributed by atoms with Gasteiger partial charge in [0.2, 0.25) is 0 Å². The number of rotatable bonds is 1. The number of hydrogen-bond donors (Lipinski definition) is 0. The Kier molecular flexibility index (Phi) is 2.61. The lowest BCUT2D eigenvalue weighted by Gasteiger charge is -1.86. The van der Waals surface area contributed by atoms with E-state index >= 15 is 0 Å². The van der Waals surface area contributed by atoms with Crippen LogP contribution in [-0.4, -0.2) is 6.26 Å². The highest BCUT2D eigenvalue weighted by atomic mass is 79.9. The maximum absolute atomic E-state index is 3.37. The molecule has 0 aliphatic carbocycles. The second kappa shape index (κ2) is 3.28. The second-order valence-corrected chi connectivity index (χ2v) is 3.58. The number of thiol groups is 1. The fourth-order valence-electron chi connectivity index (χ4n) is 0.590. The monoisotopic (exact) mass is 203 g/mol. The molecule has 0 heterocycles. The lowest BCUT2D eigenvalue weighted by molar-refractivity contribution is 1.44. The summed E-state index contributed by atoms with van der Waals surface area (Å²) in [5.74, 6) is 0. The van der Waals surface area contributed by atoms with Crippen molar-refractivity contribution >= 4 is 27.7 Å². The van der Waals surface area contributed by atoms with Crippen molar-refractivity contribution in [2.24, 2.45) is 0 Å². The van der Waals surface area contributed by atoms with E-state index in [1.54, 1.807) is 0 Å². The molecule has 0 unspecified atom stereocenters. The fourth-order valence-corrected chi connectivity index (χ4v) is 1.30. The predicted molar refractivity (Wildman–Crippen MR) is 47.1 cm³/mol. The normalized spacial score (nSPS) is 9.56. The van der Waals surface area contributed by atoms with Crippen molar-refractivity contribution in [3.8, 4) is 0 Å². The van der Waals surface area contributed by atoms with Crippen LogP contribution in [0.15, 0.2) is 33.6 Å². The Labute approximate surface area is 67.8 Å². The summed E-state index contributed by atoms with van der Waals surface area (Å²) in [6, 6.07) is 8.36. The quantitative estimate of drug-likeness (QED) is 0.486. The highest BCUT2D eigenvalue weighted by Gasteiger charge is 1.93. The largest absolute Gasteiger partial charge is 0.152 e. The standard InChI is InChI=1S/C7H7BrS/c1-9-7-4-2-6(8)3-5-7/h2-5H,1H3/p+1. The first-order chi connectivity index (χ1) is 4.33. The van der Waals surface area contributed by atoms with Gasteiger partial charge in [0.25, 0.3) is 0 Å². The molecule has 0 saturated heterocycles. The highest BCUT2D eigenvalue weighted by Crippen LogP contribution is 2.10. The van der Waals surface area contributed by atoms with Gasteiger partial charge in [-0.3, -0.25) is 0 Å². The third kappa shape index (κ3) is 2.03. The average molecular weight is 204 g/mol. The number of benzene rings is 1. The van der Waals surface area contributed by atoms with Crippen LogP contribution in [0, 0.1) is 0 Å². The Balaban J connectivity index is 2.88. The summed E-state index contributed by atoms with van der Waals surface area (Å²) in [5.41, 5.74) is 0. The van der Waals surface area contributed by atoms with Crippen LogP contribution >= 0.6 is 15.9 Å². The molecule has 0 saturated carbocycles. The maximum Gasteiger partial charge on any atom is 0.152 e. The van der Waals surface area contributed by atoms with Crippen molar-refractivity contribution in [1.82, 2.24) is 0 Å². The molecule has 0 aliphatic rings. The van der Waals surface area contributed by atoms with E-state index in [2.05, 4.69) is 46.5 Å². The van der Waals surface area contributed by atoms with Gasteiger partial charge in [-0.05, 0) is 24.3 Å². The smallest absolute Gasteiger partial charge is 0.0508 e. The second-order valence-electron chi connectivity index (χ2n) is 1.70. The Morgan fingerprint density at radius 2 is 1.78 bits per heavy atom. The van der Waals surface area contributed by atoms with Crippen LogP contribution in [-0.2, 0) is 11.8 Å². The predicted octanol–water partition coefficient (Wildman–Crippen LogP) is 2.25. The first kappa shape index (κ1) is 7.16. The van der Waals surface area contributed by atoms with Gasteiger partial charge in [0.15, 0.2) is 4.90 Å². The summed E-state index contributed by atoms with van der Waals surface area (Å²) in [5, 5.41) is 0. The summed E-state index contributed by atoms with van der Waals surface area (Å²) >= 11 is 4.70. The third-order valence-electron chi connectivity index (χ3n) is 1.08. The summed E-state index contributed by atoms with van der Waals surface area (Å²) in [4.78, 5) is 1.36. The molecule has 9 heavy (non-hydrogen) atoms. The van der Waals surface area contributed by atoms with E-state index < -0.39 is 0 Å². The van der Waals surface area contributed by atoms with Crippen molar-refractivity contribution in [2.75, 3.05) is 6.26 Å². The molecule has 0 atom stereocenters. The van der Waals surface area contributed by atoms with Crippen molar-refractivity contribution in [1.29, 1.82) is 0 Å². The Morgan fingerprint density at radius 1 is 1.22 bits per heavy atom. The van der Waals surface area contributed by atoms with E-state index in [1.807, 2.05) is 0 Å². The van der Waals surface area contributed by atoms with Gasteiger partial charge in [-0.25, -0.2) is 0 Å². The Morgan fingerprint density at radius 3 is 2.22 bits per heavy atom. The van der Waals surface area contributed by atoms with Gasteiger partial charge < -0.3 is 0 Å². The Hall–Kier alpha value is 0.0500. The minimum absolute atomic E-state index is 1.15. The van der Waals surface area contributed by atoms with Crippen LogP contribution in [0.2, 0.25) is 0 Å². The molecular weight excluding hydrogens is 196 g/mol. The molecule has 1 rings (SSSR count). The minimum Gasteiger partial charge on any atom is -0.0508 e. The molecule has 0 spiro atoms. The van der Waals surface area contributed by atoms with Gasteiger partial charge in [-0.1, -0.05) is 15.9 Å². The summed E-state index contributed by atoms with van der Waals surface area (Å²) in [6.45, 7) is 0. The molecule has 0 N–H and O–H groups in total. The van der Waals surface area contributed by atoms with Crippen LogP contribution in [0.5, 0.6) is 0 Å². The van der Waals surface area contributed by atoms with E-state index in [9.17, 15) is 0 Å². The molecule has 1 aromatic carbocycles. The summed E-state index contributed by atoms with van der Waals surface area (Å²) in [7, 11) is 0. The van der Waals surface area contributed by atoms with Crippen molar-refractivity contribution in [3.63, 3.8) is 0 Å². The Bertz CT molecular complexity index is 181. The first-order valence-corrected chi connectivity index (χ1v) is 4.82. The lowest BCUT2D eigenvalue weighted by atomic mass is 10.4. The fraction of sp³-hybridized carbons (Fsp3) is 0.143.